The molecule has 1 N–H and O–H groups in total. The number of hydrogen-bond donors (Lipinski definition) is 1. The summed E-state index contributed by atoms with van der Waals surface area (Å²) >= 11 is 6.36. The number of halogens is 1. The summed E-state index contributed by atoms with van der Waals surface area (Å²) in [7, 11) is 2.08. The fraction of sp³-hybridized carbons (Fsp3) is 0.308. The first-order valence-electron chi connectivity index (χ1n) is 11.3. The van der Waals surface area contributed by atoms with Gasteiger partial charge in [-0.2, -0.15) is 10.2 Å². The Morgan fingerprint density at radius 3 is 2.83 bits per heavy atom. The van der Waals surface area contributed by atoms with E-state index in [4.69, 9.17) is 16.3 Å². The Morgan fingerprint density at radius 1 is 1.29 bits per heavy atom. The summed E-state index contributed by atoms with van der Waals surface area (Å²) in [5, 5.41) is 13.5. The molecule has 1 amide bonds. The molecule has 2 aliphatic heterocycles. The lowest BCUT2D eigenvalue weighted by molar-refractivity contribution is 0.0932. The molecule has 0 aliphatic carbocycles. The van der Waals surface area contributed by atoms with Crippen molar-refractivity contribution in [2.45, 2.75) is 32.7 Å². The Kier molecular flexibility index (Phi) is 5.62. The molecule has 0 spiro atoms. The molecular weight excluding hydrogens is 464 g/mol. The number of nitrogens with zero attached hydrogens (tertiary/aromatic N) is 5. The van der Waals surface area contributed by atoms with Crippen molar-refractivity contribution >= 4 is 34.8 Å². The number of hydrogen-bond acceptors (Lipinski definition) is 7. The fourth-order valence-corrected chi connectivity index (χ4v) is 5.14. The van der Waals surface area contributed by atoms with Crippen molar-refractivity contribution in [1.29, 1.82) is 5.26 Å². The average Bonchev–Trinajstić information content (AvgIpc) is 2.82. The Bertz CT molecular complexity index is 1380. The molecule has 0 bridgehead atoms. The van der Waals surface area contributed by atoms with E-state index in [-0.39, 0.29) is 35.6 Å². The molecular formula is C26H25ClN6O2. The number of likely N-dealkylation sites (N-methyl/N-ethyl adjacent to an activating group) is 1. The van der Waals surface area contributed by atoms with Gasteiger partial charge in [-0.25, -0.2) is 4.98 Å². The number of para-hydroxylation sites is 1. The minimum atomic E-state index is -0.277. The van der Waals surface area contributed by atoms with Crippen molar-refractivity contribution in [1.82, 2.24) is 14.9 Å². The molecule has 0 saturated carbocycles. The Labute approximate surface area is 209 Å². The van der Waals surface area contributed by atoms with Gasteiger partial charge < -0.3 is 10.1 Å². The standard InChI is InChI=1S/C26H25ClN6O2/c1-15-6-5-7-20(27)22(15)33-14-35-23-19(24(33)34)13-29-25(31-23)30-18-10-16-8-9-32(4)26(2,3)21(16)17(11-18)12-28/h5-7,10-11,13H,8-9,14H2,1-4H3,(H,29,30,31). The number of anilines is 3. The summed E-state index contributed by atoms with van der Waals surface area (Å²) in [5.41, 5.74) is 5.02. The molecule has 0 unspecified atom stereocenters. The second kappa shape index (κ2) is 8.52. The van der Waals surface area contributed by atoms with E-state index in [1.165, 1.54) is 11.1 Å². The van der Waals surface area contributed by atoms with E-state index < -0.39 is 0 Å². The van der Waals surface area contributed by atoms with Gasteiger partial charge in [-0.15, -0.1) is 0 Å². The number of carbonyl (C=O) groups excluding carboxylic acids is 1. The highest BCUT2D eigenvalue weighted by Crippen LogP contribution is 2.39. The van der Waals surface area contributed by atoms with Crippen LogP contribution in [0.3, 0.4) is 0 Å². The smallest absolute Gasteiger partial charge is 0.268 e. The third-order valence-corrected chi connectivity index (χ3v) is 7.20. The van der Waals surface area contributed by atoms with E-state index in [0.717, 1.165) is 35.3 Å². The third kappa shape index (κ3) is 3.87. The Balaban J connectivity index is 1.44. The molecule has 2 aromatic carbocycles. The number of aromatic nitrogens is 2. The van der Waals surface area contributed by atoms with Crippen LogP contribution in [0, 0.1) is 18.3 Å². The fourth-order valence-electron chi connectivity index (χ4n) is 4.81. The molecule has 0 atom stereocenters. The minimum absolute atomic E-state index is 0.00706. The van der Waals surface area contributed by atoms with Crippen molar-refractivity contribution in [2.24, 2.45) is 0 Å². The largest absolute Gasteiger partial charge is 0.455 e. The van der Waals surface area contributed by atoms with Crippen LogP contribution in [-0.4, -0.2) is 41.1 Å². The van der Waals surface area contributed by atoms with Gasteiger partial charge in [0.15, 0.2) is 6.73 Å². The zero-order valence-electron chi connectivity index (χ0n) is 20.0. The van der Waals surface area contributed by atoms with Crippen LogP contribution < -0.4 is 15.0 Å². The summed E-state index contributed by atoms with van der Waals surface area (Å²) in [5.74, 6) is 0.213. The first-order chi connectivity index (χ1) is 16.7. The van der Waals surface area contributed by atoms with Crippen LogP contribution in [-0.2, 0) is 12.0 Å². The second-order valence-corrected chi connectivity index (χ2v) is 9.76. The summed E-state index contributed by atoms with van der Waals surface area (Å²) in [6, 6.07) is 11.7. The lowest BCUT2D eigenvalue weighted by Gasteiger charge is -2.42. The zero-order chi connectivity index (χ0) is 24.9. The topological polar surface area (TPSA) is 94.4 Å². The summed E-state index contributed by atoms with van der Waals surface area (Å²) in [6.45, 7) is 7.05. The quantitative estimate of drug-likeness (QED) is 0.567. The maximum atomic E-state index is 13.2. The maximum absolute atomic E-state index is 13.2. The molecule has 178 valence electrons. The first kappa shape index (κ1) is 23.1. The molecule has 0 radical (unpaired) electrons. The van der Waals surface area contributed by atoms with Gasteiger partial charge in [-0.05, 0) is 69.1 Å². The van der Waals surface area contributed by atoms with Crippen LogP contribution >= 0.6 is 11.6 Å². The molecule has 35 heavy (non-hydrogen) atoms. The first-order valence-corrected chi connectivity index (χ1v) is 11.7. The molecule has 8 nitrogen and oxygen atoms in total. The highest BCUT2D eigenvalue weighted by Gasteiger charge is 2.35. The van der Waals surface area contributed by atoms with Crippen molar-refractivity contribution in [3.8, 4) is 11.9 Å². The van der Waals surface area contributed by atoms with Gasteiger partial charge >= 0.3 is 0 Å². The number of aryl methyl sites for hydroxylation is 1. The number of fused-ring (bicyclic) bond motifs is 2. The Morgan fingerprint density at radius 2 is 2.09 bits per heavy atom. The van der Waals surface area contributed by atoms with Crippen LogP contribution in [0.2, 0.25) is 5.02 Å². The monoisotopic (exact) mass is 488 g/mol. The predicted molar refractivity (Wildman–Crippen MR) is 134 cm³/mol. The van der Waals surface area contributed by atoms with E-state index in [1.54, 1.807) is 6.07 Å². The van der Waals surface area contributed by atoms with E-state index in [0.29, 0.717) is 16.3 Å². The van der Waals surface area contributed by atoms with Crippen LogP contribution in [0.15, 0.2) is 36.5 Å². The number of rotatable bonds is 3. The van der Waals surface area contributed by atoms with Crippen LogP contribution in [0.1, 0.15) is 46.5 Å². The Hall–Kier alpha value is -3.67. The molecule has 3 heterocycles. The number of ether oxygens (including phenoxy) is 1. The van der Waals surface area contributed by atoms with Gasteiger partial charge in [0.2, 0.25) is 11.8 Å². The lowest BCUT2D eigenvalue weighted by atomic mass is 9.80. The van der Waals surface area contributed by atoms with Crippen molar-refractivity contribution in [3.63, 3.8) is 0 Å². The third-order valence-electron chi connectivity index (χ3n) is 6.90. The highest BCUT2D eigenvalue weighted by molar-refractivity contribution is 6.34. The van der Waals surface area contributed by atoms with Gasteiger partial charge in [-0.1, -0.05) is 23.7 Å². The maximum Gasteiger partial charge on any atom is 0.268 e. The van der Waals surface area contributed by atoms with Crippen molar-refractivity contribution in [3.05, 3.63) is 69.4 Å². The van der Waals surface area contributed by atoms with Gasteiger partial charge in [0.1, 0.15) is 5.56 Å². The van der Waals surface area contributed by atoms with E-state index >= 15 is 0 Å². The molecule has 0 fully saturated rings. The van der Waals surface area contributed by atoms with Gasteiger partial charge in [0, 0.05) is 24.0 Å². The normalized spacial score (nSPS) is 16.7. The lowest BCUT2D eigenvalue weighted by Crippen LogP contribution is -2.44. The SMILES string of the molecule is Cc1cccc(Cl)c1N1COc2nc(Nc3cc(C#N)c4c(c3)CCN(C)C4(C)C)ncc2C1=O. The predicted octanol–water partition coefficient (Wildman–Crippen LogP) is 4.77. The van der Waals surface area contributed by atoms with Crippen LogP contribution in [0.4, 0.5) is 17.3 Å². The molecule has 5 rings (SSSR count). The molecule has 0 saturated heterocycles. The zero-order valence-corrected chi connectivity index (χ0v) is 20.8. The minimum Gasteiger partial charge on any atom is -0.455 e. The number of carbonyl (C=O) groups is 1. The summed E-state index contributed by atoms with van der Waals surface area (Å²) < 4.78 is 5.82. The number of benzene rings is 2. The van der Waals surface area contributed by atoms with Crippen molar-refractivity contribution < 1.29 is 9.53 Å². The van der Waals surface area contributed by atoms with Gasteiger partial charge in [0.25, 0.3) is 5.91 Å². The van der Waals surface area contributed by atoms with Gasteiger partial charge in [-0.3, -0.25) is 14.6 Å². The molecule has 2 aliphatic rings. The van der Waals surface area contributed by atoms with Crippen LogP contribution in [0.5, 0.6) is 5.88 Å². The number of nitriles is 1. The van der Waals surface area contributed by atoms with Gasteiger partial charge in [0.05, 0.1) is 22.3 Å². The van der Waals surface area contributed by atoms with E-state index in [9.17, 15) is 10.1 Å². The van der Waals surface area contributed by atoms with E-state index in [2.05, 4.69) is 47.1 Å². The molecule has 3 aromatic rings. The van der Waals surface area contributed by atoms with Crippen molar-refractivity contribution in [2.75, 3.05) is 30.5 Å². The van der Waals surface area contributed by atoms with E-state index in [1.807, 2.05) is 31.2 Å². The summed E-state index contributed by atoms with van der Waals surface area (Å²) in [4.78, 5) is 25.7. The van der Waals surface area contributed by atoms with Crippen LogP contribution in [0.25, 0.3) is 0 Å². The number of amides is 1. The molecule has 9 heteroatoms. The number of nitrogens with one attached hydrogen (secondary N) is 1. The average molecular weight is 489 g/mol. The summed E-state index contributed by atoms with van der Waals surface area (Å²) in [6.07, 6.45) is 2.30. The second-order valence-electron chi connectivity index (χ2n) is 9.35. The molecule has 1 aromatic heterocycles. The highest BCUT2D eigenvalue weighted by atomic mass is 35.5.